The van der Waals surface area contributed by atoms with Crippen LogP contribution in [0, 0.1) is 5.92 Å². The third-order valence-electron chi connectivity index (χ3n) is 4.34. The molecule has 9 heteroatoms. The fourth-order valence-electron chi connectivity index (χ4n) is 2.66. The van der Waals surface area contributed by atoms with Crippen molar-refractivity contribution in [3.05, 3.63) is 24.3 Å². The van der Waals surface area contributed by atoms with Crippen molar-refractivity contribution in [3.63, 3.8) is 0 Å². The van der Waals surface area contributed by atoms with Crippen molar-refractivity contribution in [2.45, 2.75) is 37.6 Å². The van der Waals surface area contributed by atoms with Crippen molar-refractivity contribution in [2.75, 3.05) is 23.9 Å². The quantitative estimate of drug-likeness (QED) is 0.795. The molecule has 1 atom stereocenters. The van der Waals surface area contributed by atoms with Crippen LogP contribution in [0.3, 0.4) is 0 Å². The summed E-state index contributed by atoms with van der Waals surface area (Å²) in [6, 6.07) is 5.80. The standard InChI is InChI=1S/C16H24N2O5S2/c1-12(2)18(3)25(22,23)15-6-4-14(5-7-15)17-16(19)10-13-8-9-24(20,21)11-13/h4-7,12-13H,8-11H2,1-3H3,(H,17,19)/t13-/m1/s1. The molecule has 1 aromatic carbocycles. The van der Waals surface area contributed by atoms with E-state index in [-0.39, 0.29) is 40.7 Å². The number of anilines is 1. The molecule has 0 spiro atoms. The maximum Gasteiger partial charge on any atom is 0.243 e. The lowest BCUT2D eigenvalue weighted by Gasteiger charge is -2.21. The molecule has 1 N–H and O–H groups in total. The number of hydrogen-bond donors (Lipinski definition) is 1. The van der Waals surface area contributed by atoms with Gasteiger partial charge < -0.3 is 5.32 Å². The molecule has 1 heterocycles. The minimum atomic E-state index is -3.56. The molecule has 0 bridgehead atoms. The Hall–Kier alpha value is -1.45. The predicted octanol–water partition coefficient (Wildman–Crippen LogP) is 1.48. The van der Waals surface area contributed by atoms with Gasteiger partial charge in [-0.2, -0.15) is 4.31 Å². The van der Waals surface area contributed by atoms with Gasteiger partial charge in [-0.25, -0.2) is 16.8 Å². The molecule has 2 rings (SSSR count). The van der Waals surface area contributed by atoms with Gasteiger partial charge in [-0.15, -0.1) is 0 Å². The Bertz CT molecular complexity index is 830. The van der Waals surface area contributed by atoms with Gasteiger partial charge in [0, 0.05) is 25.2 Å². The number of benzene rings is 1. The van der Waals surface area contributed by atoms with E-state index < -0.39 is 19.9 Å². The first-order chi connectivity index (χ1) is 11.5. The highest BCUT2D eigenvalue weighted by Gasteiger charge is 2.29. The van der Waals surface area contributed by atoms with E-state index in [9.17, 15) is 21.6 Å². The van der Waals surface area contributed by atoms with Crippen molar-refractivity contribution >= 4 is 31.5 Å². The highest BCUT2D eigenvalue weighted by atomic mass is 32.2. The topological polar surface area (TPSA) is 101 Å². The van der Waals surface area contributed by atoms with Crippen LogP contribution >= 0.6 is 0 Å². The molecule has 1 aliphatic heterocycles. The Morgan fingerprint density at radius 3 is 2.36 bits per heavy atom. The van der Waals surface area contributed by atoms with E-state index in [0.717, 1.165) is 0 Å². The van der Waals surface area contributed by atoms with Crippen LogP contribution in [-0.2, 0) is 24.7 Å². The third-order valence-corrected chi connectivity index (χ3v) is 8.23. The SMILES string of the molecule is CC(C)N(C)S(=O)(=O)c1ccc(NC(=O)C[C@H]2CCS(=O)(=O)C2)cc1. The summed E-state index contributed by atoms with van der Waals surface area (Å²) in [5, 5.41) is 2.68. The van der Waals surface area contributed by atoms with Gasteiger partial charge in [0.15, 0.2) is 9.84 Å². The molecule has 0 saturated carbocycles. The first-order valence-corrected chi connectivity index (χ1v) is 11.4. The van der Waals surface area contributed by atoms with E-state index >= 15 is 0 Å². The molecule has 0 aromatic heterocycles. The number of hydrogen-bond acceptors (Lipinski definition) is 5. The van der Waals surface area contributed by atoms with Crippen LogP contribution in [0.1, 0.15) is 26.7 Å². The lowest BCUT2D eigenvalue weighted by atomic mass is 10.1. The third kappa shape index (κ3) is 5.02. The van der Waals surface area contributed by atoms with Crippen LogP contribution in [-0.4, -0.2) is 51.6 Å². The van der Waals surface area contributed by atoms with Crippen molar-refractivity contribution in [2.24, 2.45) is 5.92 Å². The second kappa shape index (κ2) is 7.43. The zero-order chi connectivity index (χ0) is 18.8. The normalized spacial score (nSPS) is 20.1. The fraction of sp³-hybridized carbons (Fsp3) is 0.562. The summed E-state index contributed by atoms with van der Waals surface area (Å²) in [5.41, 5.74) is 0.483. The van der Waals surface area contributed by atoms with Gasteiger partial charge >= 0.3 is 0 Å². The molecular formula is C16H24N2O5S2. The van der Waals surface area contributed by atoms with Gasteiger partial charge in [0.1, 0.15) is 0 Å². The molecule has 0 radical (unpaired) electrons. The molecule has 0 unspecified atom stereocenters. The average molecular weight is 389 g/mol. The van der Waals surface area contributed by atoms with Crippen LogP contribution in [0.4, 0.5) is 5.69 Å². The summed E-state index contributed by atoms with van der Waals surface area (Å²) < 4.78 is 48.9. The number of nitrogens with one attached hydrogen (secondary N) is 1. The number of carbonyl (C=O) groups is 1. The Kier molecular flexibility index (Phi) is 5.90. The van der Waals surface area contributed by atoms with E-state index in [0.29, 0.717) is 12.1 Å². The predicted molar refractivity (Wildman–Crippen MR) is 96.5 cm³/mol. The molecule has 0 aliphatic carbocycles. The summed E-state index contributed by atoms with van der Waals surface area (Å²) in [7, 11) is -5.04. The number of rotatable bonds is 6. The van der Waals surface area contributed by atoms with E-state index in [2.05, 4.69) is 5.32 Å². The monoisotopic (exact) mass is 388 g/mol. The van der Waals surface area contributed by atoms with Crippen molar-refractivity contribution in [1.29, 1.82) is 0 Å². The summed E-state index contributed by atoms with van der Waals surface area (Å²) >= 11 is 0. The molecule has 7 nitrogen and oxygen atoms in total. The van der Waals surface area contributed by atoms with Gasteiger partial charge in [0.2, 0.25) is 15.9 Å². The Morgan fingerprint density at radius 1 is 1.28 bits per heavy atom. The van der Waals surface area contributed by atoms with Crippen LogP contribution < -0.4 is 5.32 Å². The summed E-state index contributed by atoms with van der Waals surface area (Å²) in [4.78, 5) is 12.2. The maximum absolute atomic E-state index is 12.4. The summed E-state index contributed by atoms with van der Waals surface area (Å²) in [6.07, 6.45) is 0.657. The van der Waals surface area contributed by atoms with Crippen molar-refractivity contribution < 1.29 is 21.6 Å². The highest BCUT2D eigenvalue weighted by molar-refractivity contribution is 7.91. The molecule has 1 amide bonds. The number of amides is 1. The van der Waals surface area contributed by atoms with Crippen LogP contribution in [0.15, 0.2) is 29.2 Å². The largest absolute Gasteiger partial charge is 0.326 e. The number of nitrogens with zero attached hydrogens (tertiary/aromatic N) is 1. The number of sulfone groups is 1. The first kappa shape index (κ1) is 19.9. The Balaban J connectivity index is 2.00. The molecule has 140 valence electrons. The van der Waals surface area contributed by atoms with Gasteiger partial charge in [-0.1, -0.05) is 0 Å². The van der Waals surface area contributed by atoms with Gasteiger partial charge in [0.25, 0.3) is 0 Å². The van der Waals surface area contributed by atoms with E-state index in [1.807, 2.05) is 0 Å². The average Bonchev–Trinajstić information content (AvgIpc) is 2.85. The van der Waals surface area contributed by atoms with Gasteiger partial charge in [-0.05, 0) is 50.5 Å². The fourth-order valence-corrected chi connectivity index (χ4v) is 5.89. The first-order valence-electron chi connectivity index (χ1n) is 8.09. The summed E-state index contributed by atoms with van der Waals surface area (Å²) in [5.74, 6) is -0.221. The summed E-state index contributed by atoms with van der Waals surface area (Å²) in [6.45, 7) is 3.57. The van der Waals surface area contributed by atoms with E-state index in [1.54, 1.807) is 13.8 Å². The number of carbonyl (C=O) groups excluding carboxylic acids is 1. The minimum Gasteiger partial charge on any atom is -0.326 e. The van der Waals surface area contributed by atoms with Crippen molar-refractivity contribution in [1.82, 2.24) is 4.31 Å². The molecular weight excluding hydrogens is 364 g/mol. The smallest absolute Gasteiger partial charge is 0.243 e. The van der Waals surface area contributed by atoms with E-state index in [1.165, 1.54) is 35.6 Å². The second-order valence-electron chi connectivity index (χ2n) is 6.66. The van der Waals surface area contributed by atoms with Gasteiger partial charge in [0.05, 0.1) is 16.4 Å². The molecule has 1 aliphatic rings. The zero-order valence-corrected chi connectivity index (χ0v) is 16.2. The Labute approximate surface area is 149 Å². The molecule has 1 fully saturated rings. The van der Waals surface area contributed by atoms with Crippen LogP contribution in [0.2, 0.25) is 0 Å². The highest BCUT2D eigenvalue weighted by Crippen LogP contribution is 2.23. The van der Waals surface area contributed by atoms with Crippen LogP contribution in [0.5, 0.6) is 0 Å². The minimum absolute atomic E-state index is 0.0547. The van der Waals surface area contributed by atoms with Gasteiger partial charge in [-0.3, -0.25) is 4.79 Å². The lowest BCUT2D eigenvalue weighted by Crippen LogP contribution is -2.33. The molecule has 25 heavy (non-hydrogen) atoms. The molecule has 1 aromatic rings. The maximum atomic E-state index is 12.4. The molecule has 1 saturated heterocycles. The van der Waals surface area contributed by atoms with E-state index in [4.69, 9.17) is 0 Å². The second-order valence-corrected chi connectivity index (χ2v) is 10.9. The zero-order valence-electron chi connectivity index (χ0n) is 14.6. The van der Waals surface area contributed by atoms with Crippen LogP contribution in [0.25, 0.3) is 0 Å². The lowest BCUT2D eigenvalue weighted by molar-refractivity contribution is -0.116. The van der Waals surface area contributed by atoms with Crippen molar-refractivity contribution in [3.8, 4) is 0 Å². The Morgan fingerprint density at radius 2 is 1.88 bits per heavy atom. The number of sulfonamides is 1.